The zero-order valence-electron chi connectivity index (χ0n) is 16.0. The summed E-state index contributed by atoms with van der Waals surface area (Å²) in [7, 11) is -3.63. The molecule has 2 aromatic rings. The summed E-state index contributed by atoms with van der Waals surface area (Å²) in [6, 6.07) is 12.7. The van der Waals surface area contributed by atoms with Crippen molar-refractivity contribution in [1.29, 1.82) is 0 Å². The molecule has 1 amide bonds. The molecule has 3 rings (SSSR count). The molecule has 0 aromatic heterocycles. The van der Waals surface area contributed by atoms with E-state index in [1.807, 2.05) is 31.2 Å². The molecule has 0 radical (unpaired) electrons. The van der Waals surface area contributed by atoms with Crippen molar-refractivity contribution in [3.8, 4) is 0 Å². The van der Waals surface area contributed by atoms with Crippen LogP contribution in [0.25, 0.3) is 6.08 Å². The normalized spacial score (nSPS) is 15.6. The molecule has 28 heavy (non-hydrogen) atoms. The average Bonchev–Trinajstić information content (AvgIpc) is 2.69. The first-order chi connectivity index (χ1) is 13.4. The highest BCUT2D eigenvalue weighted by atomic mass is 32.2. The summed E-state index contributed by atoms with van der Waals surface area (Å²) in [6.07, 6.45) is 3.18. The monoisotopic (exact) mass is 400 g/mol. The summed E-state index contributed by atoms with van der Waals surface area (Å²) in [5.74, 6) is -0.318. The van der Waals surface area contributed by atoms with Crippen LogP contribution in [0.2, 0.25) is 0 Å². The van der Waals surface area contributed by atoms with Crippen LogP contribution >= 0.6 is 0 Å². The molecule has 1 fully saturated rings. The lowest BCUT2D eigenvalue weighted by molar-refractivity contribution is -0.111. The standard InChI is InChI=1S/C21H24N2O4S/c1-16-5-3-4-6-18(16)8-10-21(24)22-19-9-7-17(2)20(15-19)28(25,26)23-11-13-27-14-12-23/h3-10,15H,11-14H2,1-2H3,(H,22,24)/b10-8+. The molecule has 6 nitrogen and oxygen atoms in total. The maximum atomic E-state index is 12.9. The van der Waals surface area contributed by atoms with Gasteiger partial charge in [0.05, 0.1) is 18.1 Å². The Labute approximate surface area is 165 Å². The summed E-state index contributed by atoms with van der Waals surface area (Å²) < 4.78 is 32.5. The minimum absolute atomic E-state index is 0.204. The fourth-order valence-electron chi connectivity index (χ4n) is 3.00. The van der Waals surface area contributed by atoms with Crippen molar-refractivity contribution in [2.24, 2.45) is 0 Å². The molecule has 1 aliphatic rings. The molecule has 1 saturated heterocycles. The van der Waals surface area contributed by atoms with Crippen LogP contribution in [-0.4, -0.2) is 44.9 Å². The lowest BCUT2D eigenvalue weighted by atomic mass is 10.1. The number of hydrogen-bond donors (Lipinski definition) is 1. The van der Waals surface area contributed by atoms with Crippen molar-refractivity contribution < 1.29 is 17.9 Å². The number of rotatable bonds is 5. The van der Waals surface area contributed by atoms with Gasteiger partial charge in [0.25, 0.3) is 0 Å². The molecule has 0 bridgehead atoms. The first-order valence-corrected chi connectivity index (χ1v) is 10.6. The smallest absolute Gasteiger partial charge is 0.248 e. The van der Waals surface area contributed by atoms with Gasteiger partial charge in [0.2, 0.25) is 15.9 Å². The molecule has 2 aromatic carbocycles. The molecule has 148 valence electrons. The summed E-state index contributed by atoms with van der Waals surface area (Å²) in [6.45, 7) is 5.16. The second-order valence-electron chi connectivity index (χ2n) is 6.68. The summed E-state index contributed by atoms with van der Waals surface area (Å²) in [4.78, 5) is 12.5. The van der Waals surface area contributed by atoms with Crippen LogP contribution < -0.4 is 5.32 Å². The van der Waals surface area contributed by atoms with Gasteiger partial charge in [0, 0.05) is 24.9 Å². The Kier molecular flexibility index (Phi) is 6.28. The summed E-state index contributed by atoms with van der Waals surface area (Å²) in [5.41, 5.74) is 3.11. The van der Waals surface area contributed by atoms with Crippen molar-refractivity contribution in [3.05, 3.63) is 65.2 Å². The van der Waals surface area contributed by atoms with Gasteiger partial charge >= 0.3 is 0 Å². The van der Waals surface area contributed by atoms with Crippen LogP contribution in [0.5, 0.6) is 0 Å². The number of carbonyl (C=O) groups excluding carboxylic acids is 1. The van der Waals surface area contributed by atoms with Gasteiger partial charge in [-0.3, -0.25) is 4.79 Å². The second kappa shape index (κ2) is 8.68. The van der Waals surface area contributed by atoms with Gasteiger partial charge in [-0.15, -0.1) is 0 Å². The molecular formula is C21H24N2O4S. The van der Waals surface area contributed by atoms with E-state index in [1.165, 1.54) is 16.4 Å². The van der Waals surface area contributed by atoms with E-state index in [9.17, 15) is 13.2 Å². The van der Waals surface area contributed by atoms with Crippen LogP contribution in [-0.2, 0) is 19.6 Å². The maximum absolute atomic E-state index is 12.9. The Morgan fingerprint density at radius 3 is 2.50 bits per heavy atom. The van der Waals surface area contributed by atoms with Crippen molar-refractivity contribution in [1.82, 2.24) is 4.31 Å². The van der Waals surface area contributed by atoms with E-state index in [-0.39, 0.29) is 10.8 Å². The van der Waals surface area contributed by atoms with Crippen LogP contribution in [0.3, 0.4) is 0 Å². The fraction of sp³-hybridized carbons (Fsp3) is 0.286. The predicted molar refractivity (Wildman–Crippen MR) is 110 cm³/mol. The van der Waals surface area contributed by atoms with Crippen LogP contribution in [0, 0.1) is 13.8 Å². The van der Waals surface area contributed by atoms with Gasteiger partial charge in [-0.2, -0.15) is 4.31 Å². The average molecular weight is 401 g/mol. The number of morpholine rings is 1. The van der Waals surface area contributed by atoms with Gasteiger partial charge < -0.3 is 10.1 Å². The van der Waals surface area contributed by atoms with E-state index in [2.05, 4.69) is 5.32 Å². The largest absolute Gasteiger partial charge is 0.379 e. The lowest BCUT2D eigenvalue weighted by Crippen LogP contribution is -2.40. The molecule has 0 spiro atoms. The number of benzene rings is 2. The Morgan fingerprint density at radius 2 is 1.79 bits per heavy atom. The Balaban J connectivity index is 1.77. The minimum Gasteiger partial charge on any atom is -0.379 e. The van der Waals surface area contributed by atoms with E-state index < -0.39 is 10.0 Å². The third kappa shape index (κ3) is 4.67. The topological polar surface area (TPSA) is 75.7 Å². The van der Waals surface area contributed by atoms with E-state index >= 15 is 0 Å². The van der Waals surface area contributed by atoms with E-state index in [1.54, 1.807) is 25.1 Å². The Bertz CT molecular complexity index is 993. The number of sulfonamides is 1. The van der Waals surface area contributed by atoms with Gasteiger partial charge in [0.15, 0.2) is 0 Å². The van der Waals surface area contributed by atoms with Gasteiger partial charge in [-0.25, -0.2) is 8.42 Å². The van der Waals surface area contributed by atoms with Crippen LogP contribution in [0.15, 0.2) is 53.4 Å². The first-order valence-electron chi connectivity index (χ1n) is 9.11. The highest BCUT2D eigenvalue weighted by Gasteiger charge is 2.28. The summed E-state index contributed by atoms with van der Waals surface area (Å²) in [5, 5.41) is 2.74. The third-order valence-electron chi connectivity index (χ3n) is 4.65. The van der Waals surface area contributed by atoms with Crippen molar-refractivity contribution in [3.63, 3.8) is 0 Å². The number of aryl methyl sites for hydroxylation is 2. The molecule has 0 saturated carbocycles. The van der Waals surface area contributed by atoms with Gasteiger partial charge in [-0.05, 0) is 48.7 Å². The zero-order chi connectivity index (χ0) is 20.1. The molecule has 1 aliphatic heterocycles. The molecule has 0 aliphatic carbocycles. The zero-order valence-corrected chi connectivity index (χ0v) is 16.8. The van der Waals surface area contributed by atoms with E-state index in [4.69, 9.17) is 4.74 Å². The molecule has 1 N–H and O–H groups in total. The quantitative estimate of drug-likeness (QED) is 0.783. The molecule has 0 atom stereocenters. The number of carbonyl (C=O) groups is 1. The number of ether oxygens (including phenoxy) is 1. The second-order valence-corrected chi connectivity index (χ2v) is 8.58. The number of hydrogen-bond acceptors (Lipinski definition) is 4. The number of nitrogens with zero attached hydrogens (tertiary/aromatic N) is 1. The highest BCUT2D eigenvalue weighted by Crippen LogP contribution is 2.24. The number of amides is 1. The summed E-state index contributed by atoms with van der Waals surface area (Å²) >= 11 is 0. The Hall–Kier alpha value is -2.48. The lowest BCUT2D eigenvalue weighted by Gasteiger charge is -2.26. The first kappa shape index (κ1) is 20.3. The molecule has 0 unspecified atom stereocenters. The number of nitrogens with one attached hydrogen (secondary N) is 1. The minimum atomic E-state index is -3.63. The van der Waals surface area contributed by atoms with Crippen molar-refractivity contribution >= 4 is 27.7 Å². The molecule has 1 heterocycles. The third-order valence-corrected chi connectivity index (χ3v) is 6.69. The van der Waals surface area contributed by atoms with E-state index in [0.717, 1.165) is 11.1 Å². The fourth-order valence-corrected chi connectivity index (χ4v) is 4.66. The highest BCUT2D eigenvalue weighted by molar-refractivity contribution is 7.89. The van der Waals surface area contributed by atoms with E-state index in [0.29, 0.717) is 37.6 Å². The predicted octanol–water partition coefficient (Wildman–Crippen LogP) is 2.98. The van der Waals surface area contributed by atoms with Crippen LogP contribution in [0.1, 0.15) is 16.7 Å². The molecular weight excluding hydrogens is 376 g/mol. The van der Waals surface area contributed by atoms with Crippen LogP contribution in [0.4, 0.5) is 5.69 Å². The molecule has 7 heteroatoms. The van der Waals surface area contributed by atoms with Gasteiger partial charge in [-0.1, -0.05) is 30.3 Å². The van der Waals surface area contributed by atoms with Crippen molar-refractivity contribution in [2.45, 2.75) is 18.7 Å². The van der Waals surface area contributed by atoms with Crippen molar-refractivity contribution in [2.75, 3.05) is 31.6 Å². The SMILES string of the molecule is Cc1ccccc1/C=C/C(=O)Nc1ccc(C)c(S(=O)(=O)N2CCOCC2)c1. The van der Waals surface area contributed by atoms with Gasteiger partial charge in [0.1, 0.15) is 0 Å². The maximum Gasteiger partial charge on any atom is 0.248 e. The number of anilines is 1. The Morgan fingerprint density at radius 1 is 1.07 bits per heavy atom.